The van der Waals surface area contributed by atoms with Crippen molar-refractivity contribution in [3.05, 3.63) is 57.8 Å². The van der Waals surface area contributed by atoms with Crippen LogP contribution in [0.15, 0.2) is 51.5 Å². The molecule has 2 N–H and O–H groups in total. The van der Waals surface area contributed by atoms with Gasteiger partial charge in [0.05, 0.1) is 10.0 Å². The van der Waals surface area contributed by atoms with Gasteiger partial charge in [0.1, 0.15) is 5.82 Å². The van der Waals surface area contributed by atoms with Crippen molar-refractivity contribution in [1.29, 1.82) is 0 Å². The van der Waals surface area contributed by atoms with Crippen LogP contribution in [0.25, 0.3) is 22.5 Å². The molecule has 3 nitrogen and oxygen atoms in total. The van der Waals surface area contributed by atoms with Gasteiger partial charge in [-0.05, 0) is 51.8 Å². The topological polar surface area (TPSA) is 52.0 Å². The second-order valence-corrected chi connectivity index (χ2v) is 5.70. The van der Waals surface area contributed by atoms with Gasteiger partial charge >= 0.3 is 0 Å². The van der Waals surface area contributed by atoms with Crippen molar-refractivity contribution >= 4 is 33.3 Å². The van der Waals surface area contributed by atoms with E-state index in [0.29, 0.717) is 26.4 Å². The Kier molecular flexibility index (Phi) is 3.69. The van der Waals surface area contributed by atoms with Gasteiger partial charge in [-0.3, -0.25) is 0 Å². The molecule has 0 fully saturated rings. The Hall–Kier alpha value is -1.85. The quantitative estimate of drug-likeness (QED) is 0.682. The lowest BCUT2D eigenvalue weighted by molar-refractivity contribution is 0.436. The maximum Gasteiger partial charge on any atom is 0.177 e. The van der Waals surface area contributed by atoms with Gasteiger partial charge in [0.15, 0.2) is 11.6 Å². The van der Waals surface area contributed by atoms with Crippen LogP contribution in [0.5, 0.6) is 0 Å². The fourth-order valence-electron chi connectivity index (χ4n) is 2.06. The van der Waals surface area contributed by atoms with Gasteiger partial charge in [0, 0.05) is 10.6 Å². The Morgan fingerprint density at radius 2 is 1.95 bits per heavy atom. The second kappa shape index (κ2) is 5.50. The maximum atomic E-state index is 13.7. The van der Waals surface area contributed by atoms with E-state index in [2.05, 4.69) is 21.1 Å². The van der Waals surface area contributed by atoms with Gasteiger partial charge in [0.25, 0.3) is 0 Å². The third-order valence-electron chi connectivity index (χ3n) is 3.01. The molecular weight excluding hydrogens is 359 g/mol. The van der Waals surface area contributed by atoms with E-state index in [0.717, 1.165) is 5.56 Å². The molecule has 0 unspecified atom stereocenters. The average molecular weight is 368 g/mol. The largest absolute Gasteiger partial charge is 0.380 e. The molecule has 3 rings (SSSR count). The Bertz CT molecular complexity index is 819. The van der Waals surface area contributed by atoms with Gasteiger partial charge < -0.3 is 10.3 Å². The molecule has 0 saturated carbocycles. The smallest absolute Gasteiger partial charge is 0.177 e. The van der Waals surface area contributed by atoms with Crippen molar-refractivity contribution in [2.75, 3.05) is 5.73 Å². The van der Waals surface area contributed by atoms with E-state index in [-0.39, 0.29) is 11.6 Å². The molecular formula is C15H9BrClFN2O. The van der Waals surface area contributed by atoms with Gasteiger partial charge in [0.2, 0.25) is 0 Å². The van der Waals surface area contributed by atoms with E-state index in [1.54, 1.807) is 30.3 Å². The Balaban J connectivity index is 2.19. The van der Waals surface area contributed by atoms with Crippen molar-refractivity contribution in [2.45, 2.75) is 0 Å². The molecule has 6 heteroatoms. The summed E-state index contributed by atoms with van der Waals surface area (Å²) >= 11 is 9.12. The third kappa shape index (κ3) is 2.66. The lowest BCUT2D eigenvalue weighted by Crippen LogP contribution is -1.89. The minimum atomic E-state index is -0.389. The van der Waals surface area contributed by atoms with Gasteiger partial charge in [-0.2, -0.15) is 0 Å². The molecule has 0 aliphatic carbocycles. The summed E-state index contributed by atoms with van der Waals surface area (Å²) in [5.41, 5.74) is 7.79. The number of nitrogens with zero attached hydrogens (tertiary/aromatic N) is 1. The molecule has 0 aliphatic rings. The fourth-order valence-corrected chi connectivity index (χ4v) is 2.50. The number of benzene rings is 2. The van der Waals surface area contributed by atoms with Crippen molar-refractivity contribution in [2.24, 2.45) is 0 Å². The first-order valence-electron chi connectivity index (χ1n) is 6.03. The van der Waals surface area contributed by atoms with E-state index >= 15 is 0 Å². The number of aromatic nitrogens is 1. The van der Waals surface area contributed by atoms with E-state index in [4.69, 9.17) is 21.9 Å². The number of nitrogens with two attached hydrogens (primary N) is 1. The second-order valence-electron chi connectivity index (χ2n) is 4.41. The van der Waals surface area contributed by atoms with Crippen LogP contribution < -0.4 is 5.73 Å². The van der Waals surface area contributed by atoms with Crippen LogP contribution in [0.1, 0.15) is 0 Å². The number of nitrogen functional groups attached to an aromatic ring is 1. The van der Waals surface area contributed by atoms with E-state index in [1.807, 2.05) is 6.07 Å². The highest BCUT2D eigenvalue weighted by Crippen LogP contribution is 2.38. The molecule has 2 aromatic carbocycles. The number of rotatable bonds is 2. The molecule has 1 aromatic heterocycles. The maximum absolute atomic E-state index is 13.7. The summed E-state index contributed by atoms with van der Waals surface area (Å²) in [5, 5.41) is 4.35. The standard InChI is InChI=1S/C15H9BrClFN2O/c16-11-5-4-9(7-12(11)18)14-13(15(19)20-21-14)8-2-1-3-10(17)6-8/h1-7H,(H2,19,20). The molecule has 0 radical (unpaired) electrons. The zero-order valence-electron chi connectivity index (χ0n) is 10.6. The monoisotopic (exact) mass is 366 g/mol. The summed E-state index contributed by atoms with van der Waals surface area (Å²) in [6, 6.07) is 11.8. The highest BCUT2D eigenvalue weighted by atomic mass is 79.9. The Labute approximate surface area is 133 Å². The lowest BCUT2D eigenvalue weighted by atomic mass is 10.0. The highest BCUT2D eigenvalue weighted by molar-refractivity contribution is 9.10. The predicted octanol–water partition coefficient (Wildman–Crippen LogP) is 5.15. The van der Waals surface area contributed by atoms with Crippen LogP contribution in [0.2, 0.25) is 5.02 Å². The van der Waals surface area contributed by atoms with E-state index < -0.39 is 0 Å². The summed E-state index contributed by atoms with van der Waals surface area (Å²) in [5.74, 6) is 0.247. The normalized spacial score (nSPS) is 10.8. The Morgan fingerprint density at radius 1 is 1.14 bits per heavy atom. The third-order valence-corrected chi connectivity index (χ3v) is 3.89. The van der Waals surface area contributed by atoms with Gasteiger partial charge in [-0.25, -0.2) is 4.39 Å². The first kappa shape index (κ1) is 14.1. The summed E-state index contributed by atoms with van der Waals surface area (Å²) in [6.07, 6.45) is 0. The Morgan fingerprint density at radius 3 is 2.67 bits per heavy atom. The van der Waals surface area contributed by atoms with Crippen molar-refractivity contribution in [3.63, 3.8) is 0 Å². The van der Waals surface area contributed by atoms with Crippen LogP contribution in [0.3, 0.4) is 0 Å². The molecule has 0 saturated heterocycles. The van der Waals surface area contributed by atoms with Gasteiger partial charge in [-0.15, -0.1) is 0 Å². The number of halogens is 3. The molecule has 0 amide bonds. The van der Waals surface area contributed by atoms with Gasteiger partial charge in [-0.1, -0.05) is 28.9 Å². The van der Waals surface area contributed by atoms with E-state index in [1.165, 1.54) is 6.07 Å². The minimum absolute atomic E-state index is 0.232. The first-order chi connectivity index (χ1) is 10.1. The lowest BCUT2D eigenvalue weighted by Gasteiger charge is -2.04. The summed E-state index contributed by atoms with van der Waals surface area (Å²) in [6.45, 7) is 0. The van der Waals surface area contributed by atoms with Crippen molar-refractivity contribution in [3.8, 4) is 22.5 Å². The molecule has 0 aliphatic heterocycles. The zero-order chi connectivity index (χ0) is 15.0. The molecule has 106 valence electrons. The summed E-state index contributed by atoms with van der Waals surface area (Å²) in [7, 11) is 0. The van der Waals surface area contributed by atoms with Crippen LogP contribution in [-0.4, -0.2) is 5.16 Å². The molecule has 0 bridgehead atoms. The molecule has 21 heavy (non-hydrogen) atoms. The van der Waals surface area contributed by atoms with Crippen LogP contribution in [0.4, 0.5) is 10.2 Å². The number of hydrogen-bond acceptors (Lipinski definition) is 3. The highest BCUT2D eigenvalue weighted by Gasteiger charge is 2.18. The van der Waals surface area contributed by atoms with Crippen LogP contribution in [-0.2, 0) is 0 Å². The summed E-state index contributed by atoms with van der Waals surface area (Å²) < 4.78 is 19.4. The fraction of sp³-hybridized carbons (Fsp3) is 0. The minimum Gasteiger partial charge on any atom is -0.380 e. The summed E-state index contributed by atoms with van der Waals surface area (Å²) in [4.78, 5) is 0. The van der Waals surface area contributed by atoms with Crippen LogP contribution in [0, 0.1) is 5.82 Å². The number of hydrogen-bond donors (Lipinski definition) is 1. The molecule has 0 spiro atoms. The SMILES string of the molecule is Nc1noc(-c2ccc(Br)c(F)c2)c1-c1cccc(Cl)c1. The average Bonchev–Trinajstić information content (AvgIpc) is 2.84. The number of anilines is 1. The van der Waals surface area contributed by atoms with E-state index in [9.17, 15) is 4.39 Å². The first-order valence-corrected chi connectivity index (χ1v) is 7.20. The molecule has 3 aromatic rings. The molecule has 1 heterocycles. The zero-order valence-corrected chi connectivity index (χ0v) is 13.0. The van der Waals surface area contributed by atoms with Crippen molar-refractivity contribution < 1.29 is 8.91 Å². The molecule has 0 atom stereocenters. The van der Waals surface area contributed by atoms with Crippen LogP contribution >= 0.6 is 27.5 Å². The predicted molar refractivity (Wildman–Crippen MR) is 84.5 cm³/mol. The van der Waals surface area contributed by atoms with Crippen molar-refractivity contribution in [1.82, 2.24) is 5.16 Å².